The summed E-state index contributed by atoms with van der Waals surface area (Å²) in [5.74, 6) is 0.633. The number of carbonyl (C=O) groups excluding carboxylic acids is 1. The third-order valence-electron chi connectivity index (χ3n) is 2.92. The van der Waals surface area contributed by atoms with Crippen LogP contribution in [-0.2, 0) is 11.2 Å². The Morgan fingerprint density at radius 3 is 2.30 bits per heavy atom. The summed E-state index contributed by atoms with van der Waals surface area (Å²) in [5.41, 5.74) is 1.29. The molecule has 2 rings (SSSR count). The molecule has 0 fully saturated rings. The van der Waals surface area contributed by atoms with Crippen LogP contribution in [0.15, 0.2) is 60.7 Å². The molecular formula is C17H19NO2. The molecule has 2 aromatic carbocycles. The zero-order valence-electron chi connectivity index (χ0n) is 11.4. The molecule has 0 aromatic heterocycles. The molecule has 20 heavy (non-hydrogen) atoms. The molecule has 0 spiro atoms. The Balaban J connectivity index is 1.59. The van der Waals surface area contributed by atoms with Crippen LogP contribution >= 0.6 is 0 Å². The fourth-order valence-corrected chi connectivity index (χ4v) is 1.88. The molecule has 3 heteroatoms. The highest BCUT2D eigenvalue weighted by molar-refractivity contribution is 5.77. The van der Waals surface area contributed by atoms with E-state index in [1.54, 1.807) is 0 Å². The van der Waals surface area contributed by atoms with Gasteiger partial charge < -0.3 is 10.1 Å². The molecule has 0 saturated heterocycles. The lowest BCUT2D eigenvalue weighted by Crippen LogP contribution is -2.29. The summed E-state index contributed by atoms with van der Waals surface area (Å²) in [4.78, 5) is 11.6. The second kappa shape index (κ2) is 8.00. The third kappa shape index (κ3) is 5.14. The number of hydrogen-bond donors (Lipinski definition) is 1. The van der Waals surface area contributed by atoms with Crippen molar-refractivity contribution >= 4 is 5.91 Å². The summed E-state index contributed by atoms with van der Waals surface area (Å²) in [7, 11) is 0. The molecule has 0 aliphatic carbocycles. The van der Waals surface area contributed by atoms with E-state index in [0.29, 0.717) is 12.3 Å². The van der Waals surface area contributed by atoms with Crippen LogP contribution in [-0.4, -0.2) is 19.1 Å². The van der Waals surface area contributed by atoms with Crippen LogP contribution in [0.2, 0.25) is 0 Å². The number of carbonyl (C=O) groups is 1. The Morgan fingerprint density at radius 2 is 1.60 bits per heavy atom. The van der Waals surface area contributed by atoms with Crippen molar-refractivity contribution in [3.8, 4) is 5.75 Å². The molecule has 0 unspecified atom stereocenters. The van der Waals surface area contributed by atoms with Crippen LogP contribution < -0.4 is 10.1 Å². The molecule has 2 aromatic rings. The molecule has 0 saturated carbocycles. The monoisotopic (exact) mass is 269 g/mol. The maximum absolute atomic E-state index is 11.6. The first-order valence-corrected chi connectivity index (χ1v) is 6.83. The minimum Gasteiger partial charge on any atom is -0.484 e. The van der Waals surface area contributed by atoms with Crippen LogP contribution in [0.25, 0.3) is 0 Å². The Labute approximate surface area is 119 Å². The van der Waals surface area contributed by atoms with E-state index in [-0.39, 0.29) is 12.5 Å². The number of hydrogen-bond acceptors (Lipinski definition) is 2. The number of ether oxygens (including phenoxy) is 1. The number of nitrogens with one attached hydrogen (secondary N) is 1. The number of amides is 1. The molecule has 0 aliphatic rings. The molecule has 1 N–H and O–H groups in total. The summed E-state index contributed by atoms with van der Waals surface area (Å²) >= 11 is 0. The molecule has 3 nitrogen and oxygen atoms in total. The van der Waals surface area contributed by atoms with Gasteiger partial charge in [0, 0.05) is 6.54 Å². The highest BCUT2D eigenvalue weighted by Gasteiger charge is 2.01. The zero-order chi connectivity index (χ0) is 14.0. The first-order chi connectivity index (χ1) is 9.84. The molecule has 0 heterocycles. The molecule has 1 amide bonds. The number of benzene rings is 2. The quantitative estimate of drug-likeness (QED) is 0.785. The topological polar surface area (TPSA) is 38.3 Å². The van der Waals surface area contributed by atoms with Crippen LogP contribution in [0.3, 0.4) is 0 Å². The summed E-state index contributed by atoms with van der Waals surface area (Å²) in [6.45, 7) is 0.737. The Hall–Kier alpha value is -2.29. The fraction of sp³-hybridized carbons (Fsp3) is 0.235. The van der Waals surface area contributed by atoms with E-state index < -0.39 is 0 Å². The highest BCUT2D eigenvalue weighted by Crippen LogP contribution is 2.07. The van der Waals surface area contributed by atoms with Gasteiger partial charge in [0.1, 0.15) is 5.75 Å². The summed E-state index contributed by atoms with van der Waals surface area (Å²) in [5, 5.41) is 2.86. The van der Waals surface area contributed by atoms with Gasteiger partial charge in [-0.3, -0.25) is 4.79 Å². The molecule has 0 aliphatic heterocycles. The summed E-state index contributed by atoms with van der Waals surface area (Å²) in [6, 6.07) is 19.6. The fourth-order valence-electron chi connectivity index (χ4n) is 1.88. The van der Waals surface area contributed by atoms with Gasteiger partial charge in [0.05, 0.1) is 0 Å². The van der Waals surface area contributed by atoms with Gasteiger partial charge in [-0.05, 0) is 30.5 Å². The predicted octanol–water partition coefficient (Wildman–Crippen LogP) is 2.81. The van der Waals surface area contributed by atoms with E-state index in [0.717, 1.165) is 12.8 Å². The van der Waals surface area contributed by atoms with Crippen molar-refractivity contribution in [3.63, 3.8) is 0 Å². The summed E-state index contributed by atoms with van der Waals surface area (Å²) < 4.78 is 5.37. The second-order valence-electron chi connectivity index (χ2n) is 4.54. The maximum Gasteiger partial charge on any atom is 0.257 e. The average Bonchev–Trinajstić information content (AvgIpc) is 2.52. The minimum absolute atomic E-state index is 0.0648. The van der Waals surface area contributed by atoms with Gasteiger partial charge in [0.15, 0.2) is 6.61 Å². The van der Waals surface area contributed by atoms with Crippen molar-refractivity contribution < 1.29 is 9.53 Å². The van der Waals surface area contributed by atoms with Gasteiger partial charge in [0.25, 0.3) is 5.91 Å². The van der Waals surface area contributed by atoms with Gasteiger partial charge in [-0.15, -0.1) is 0 Å². The summed E-state index contributed by atoms with van der Waals surface area (Å²) in [6.07, 6.45) is 1.90. The first-order valence-electron chi connectivity index (χ1n) is 6.83. The molecule has 0 atom stereocenters. The molecule has 0 bridgehead atoms. The third-order valence-corrected chi connectivity index (χ3v) is 2.92. The largest absolute Gasteiger partial charge is 0.484 e. The zero-order valence-corrected chi connectivity index (χ0v) is 11.4. The molecule has 0 radical (unpaired) electrons. The standard InChI is InChI=1S/C17H19NO2/c19-17(14-20-16-11-5-2-6-12-16)18-13-7-10-15-8-3-1-4-9-15/h1-6,8-9,11-12H,7,10,13-14H2,(H,18,19). The van der Waals surface area contributed by atoms with Crippen molar-refractivity contribution in [1.82, 2.24) is 5.32 Å². The van der Waals surface area contributed by atoms with Gasteiger partial charge in [-0.2, -0.15) is 0 Å². The maximum atomic E-state index is 11.6. The number of aryl methyl sites for hydroxylation is 1. The van der Waals surface area contributed by atoms with Gasteiger partial charge in [-0.1, -0.05) is 48.5 Å². The lowest BCUT2D eigenvalue weighted by atomic mass is 10.1. The lowest BCUT2D eigenvalue weighted by molar-refractivity contribution is -0.123. The molecular weight excluding hydrogens is 250 g/mol. The van der Waals surface area contributed by atoms with Crippen molar-refractivity contribution in [1.29, 1.82) is 0 Å². The lowest BCUT2D eigenvalue weighted by Gasteiger charge is -2.07. The first kappa shape index (κ1) is 14.1. The Morgan fingerprint density at radius 1 is 0.950 bits per heavy atom. The normalized spacial score (nSPS) is 10.0. The Bertz CT molecular complexity index is 511. The van der Waals surface area contributed by atoms with Gasteiger partial charge in [-0.25, -0.2) is 0 Å². The SMILES string of the molecule is O=C(COc1ccccc1)NCCCc1ccccc1. The Kier molecular flexibility index (Phi) is 5.65. The van der Waals surface area contributed by atoms with Crippen molar-refractivity contribution in [2.24, 2.45) is 0 Å². The second-order valence-corrected chi connectivity index (χ2v) is 4.54. The van der Waals surface area contributed by atoms with Crippen LogP contribution in [0.4, 0.5) is 0 Å². The van der Waals surface area contributed by atoms with E-state index in [2.05, 4.69) is 17.4 Å². The van der Waals surface area contributed by atoms with Crippen LogP contribution in [0.5, 0.6) is 5.75 Å². The smallest absolute Gasteiger partial charge is 0.257 e. The number of para-hydroxylation sites is 1. The van der Waals surface area contributed by atoms with Gasteiger partial charge in [0.2, 0.25) is 0 Å². The van der Waals surface area contributed by atoms with Crippen molar-refractivity contribution in [3.05, 3.63) is 66.2 Å². The van der Waals surface area contributed by atoms with Crippen LogP contribution in [0.1, 0.15) is 12.0 Å². The van der Waals surface area contributed by atoms with Crippen LogP contribution in [0, 0.1) is 0 Å². The average molecular weight is 269 g/mol. The molecule has 104 valence electrons. The number of rotatable bonds is 7. The van der Waals surface area contributed by atoms with E-state index in [9.17, 15) is 4.79 Å². The van der Waals surface area contributed by atoms with Crippen molar-refractivity contribution in [2.75, 3.05) is 13.2 Å². The van der Waals surface area contributed by atoms with Gasteiger partial charge >= 0.3 is 0 Å². The van der Waals surface area contributed by atoms with E-state index in [4.69, 9.17) is 4.74 Å². The minimum atomic E-state index is -0.0816. The van der Waals surface area contributed by atoms with Crippen molar-refractivity contribution in [2.45, 2.75) is 12.8 Å². The predicted molar refractivity (Wildman–Crippen MR) is 79.7 cm³/mol. The van der Waals surface area contributed by atoms with E-state index in [1.165, 1.54) is 5.56 Å². The highest BCUT2D eigenvalue weighted by atomic mass is 16.5. The van der Waals surface area contributed by atoms with E-state index in [1.807, 2.05) is 48.5 Å². The van der Waals surface area contributed by atoms with E-state index >= 15 is 0 Å².